The van der Waals surface area contributed by atoms with Crippen LogP contribution < -0.4 is 10.1 Å². The summed E-state index contributed by atoms with van der Waals surface area (Å²) in [5, 5.41) is 12.4. The molecule has 0 aliphatic carbocycles. The largest absolute Gasteiger partial charge is 0.497 e. The van der Waals surface area contributed by atoms with E-state index in [0.717, 1.165) is 34.8 Å². The molecule has 8 nitrogen and oxygen atoms in total. The number of rotatable bonds is 6. The Bertz CT molecular complexity index is 1160. The lowest BCUT2D eigenvalue weighted by molar-refractivity contribution is 0.201. The molecule has 0 radical (unpaired) electrons. The maximum absolute atomic E-state index is 5.26. The van der Waals surface area contributed by atoms with Crippen molar-refractivity contribution in [2.75, 3.05) is 32.6 Å². The van der Waals surface area contributed by atoms with E-state index in [1.165, 1.54) is 25.9 Å². The van der Waals surface area contributed by atoms with Crippen LogP contribution in [-0.4, -0.2) is 56.5 Å². The number of nitrogens with one attached hydrogen (secondary N) is 1. The number of ether oxygens (including phenoxy) is 1. The highest BCUT2D eigenvalue weighted by atomic mass is 16.5. The number of pyridine rings is 1. The van der Waals surface area contributed by atoms with Crippen molar-refractivity contribution in [2.24, 2.45) is 5.92 Å². The van der Waals surface area contributed by atoms with E-state index in [1.807, 2.05) is 53.6 Å². The normalized spacial score (nSPS) is 15.4. The number of methoxy groups -OCH3 is 1. The molecule has 4 aromatic rings. The van der Waals surface area contributed by atoms with E-state index in [2.05, 4.69) is 33.5 Å². The van der Waals surface area contributed by atoms with Crippen molar-refractivity contribution >= 4 is 17.3 Å². The van der Waals surface area contributed by atoms with Gasteiger partial charge in [-0.2, -0.15) is 10.1 Å². The van der Waals surface area contributed by atoms with Crippen LogP contribution in [-0.2, 0) is 6.54 Å². The molecule has 1 aliphatic heterocycles. The molecule has 31 heavy (non-hydrogen) atoms. The molecule has 1 saturated heterocycles. The van der Waals surface area contributed by atoms with Crippen LogP contribution in [0, 0.1) is 5.92 Å². The first kappa shape index (κ1) is 19.6. The van der Waals surface area contributed by atoms with Crippen molar-refractivity contribution in [3.8, 4) is 16.9 Å². The lowest BCUT2D eigenvalue weighted by atomic mass is 9.97. The molecule has 3 aromatic heterocycles. The lowest BCUT2D eigenvalue weighted by Gasteiger charge is -2.28. The smallest absolute Gasteiger partial charge is 0.247 e. The van der Waals surface area contributed by atoms with Crippen molar-refractivity contribution in [2.45, 2.75) is 19.4 Å². The van der Waals surface area contributed by atoms with Gasteiger partial charge in [0.1, 0.15) is 5.75 Å². The molecular formula is C23H27N7O. The van der Waals surface area contributed by atoms with Crippen LogP contribution in [0.15, 0.2) is 55.0 Å². The Hall–Kier alpha value is -3.39. The van der Waals surface area contributed by atoms with E-state index in [9.17, 15) is 0 Å². The van der Waals surface area contributed by atoms with Gasteiger partial charge in [-0.15, -0.1) is 5.10 Å². The minimum atomic E-state index is 0.555. The van der Waals surface area contributed by atoms with Gasteiger partial charge < -0.3 is 15.0 Å². The average Bonchev–Trinajstić information content (AvgIpc) is 3.41. The van der Waals surface area contributed by atoms with Gasteiger partial charge in [-0.1, -0.05) is 12.1 Å². The van der Waals surface area contributed by atoms with Crippen LogP contribution in [0.5, 0.6) is 5.75 Å². The van der Waals surface area contributed by atoms with E-state index in [4.69, 9.17) is 9.72 Å². The quantitative estimate of drug-likeness (QED) is 0.516. The number of aromatic nitrogens is 5. The van der Waals surface area contributed by atoms with Crippen molar-refractivity contribution < 1.29 is 4.74 Å². The fourth-order valence-corrected chi connectivity index (χ4v) is 4.12. The summed E-state index contributed by atoms with van der Waals surface area (Å²) < 4.78 is 9.09. The molecule has 0 saturated carbocycles. The van der Waals surface area contributed by atoms with E-state index < -0.39 is 0 Å². The molecule has 0 unspecified atom stereocenters. The van der Waals surface area contributed by atoms with Gasteiger partial charge in [0.15, 0.2) is 5.65 Å². The summed E-state index contributed by atoms with van der Waals surface area (Å²) in [4.78, 5) is 7.12. The summed E-state index contributed by atoms with van der Waals surface area (Å²) in [6, 6.07) is 12.0. The zero-order chi connectivity index (χ0) is 21.2. The third-order valence-electron chi connectivity index (χ3n) is 5.94. The fraction of sp³-hybridized carbons (Fsp3) is 0.348. The van der Waals surface area contributed by atoms with Gasteiger partial charge in [-0.3, -0.25) is 4.68 Å². The minimum absolute atomic E-state index is 0.555. The second-order valence-corrected chi connectivity index (χ2v) is 8.18. The number of benzene rings is 1. The summed E-state index contributed by atoms with van der Waals surface area (Å²) in [5.41, 5.74) is 3.78. The predicted molar refractivity (Wildman–Crippen MR) is 121 cm³/mol. The van der Waals surface area contributed by atoms with Crippen LogP contribution in [0.4, 0.5) is 11.6 Å². The summed E-state index contributed by atoms with van der Waals surface area (Å²) in [5.74, 6) is 2.07. The first-order chi connectivity index (χ1) is 15.2. The lowest BCUT2D eigenvalue weighted by Crippen LogP contribution is -2.31. The van der Waals surface area contributed by atoms with Gasteiger partial charge in [0.05, 0.1) is 19.0 Å². The van der Waals surface area contributed by atoms with Crippen LogP contribution in [0.3, 0.4) is 0 Å². The first-order valence-corrected chi connectivity index (χ1v) is 10.7. The molecule has 0 bridgehead atoms. The second-order valence-electron chi connectivity index (χ2n) is 8.18. The highest BCUT2D eigenvalue weighted by Gasteiger charge is 2.17. The fourth-order valence-electron chi connectivity index (χ4n) is 4.12. The third kappa shape index (κ3) is 4.25. The Morgan fingerprint density at radius 3 is 2.71 bits per heavy atom. The highest BCUT2D eigenvalue weighted by Crippen LogP contribution is 2.27. The van der Waals surface area contributed by atoms with Gasteiger partial charge in [-0.05, 0) is 68.7 Å². The number of piperidine rings is 1. The number of hydrogen-bond donors (Lipinski definition) is 1. The van der Waals surface area contributed by atoms with Crippen LogP contribution in [0.2, 0.25) is 0 Å². The monoisotopic (exact) mass is 417 g/mol. The first-order valence-electron chi connectivity index (χ1n) is 10.7. The Balaban J connectivity index is 1.33. The van der Waals surface area contributed by atoms with Crippen molar-refractivity contribution in [3.63, 3.8) is 0 Å². The maximum Gasteiger partial charge on any atom is 0.247 e. The van der Waals surface area contributed by atoms with Crippen molar-refractivity contribution in [1.29, 1.82) is 0 Å². The zero-order valence-electron chi connectivity index (χ0n) is 17.9. The molecule has 1 aliphatic rings. The minimum Gasteiger partial charge on any atom is -0.497 e. The van der Waals surface area contributed by atoms with Crippen LogP contribution in [0.25, 0.3) is 16.8 Å². The van der Waals surface area contributed by atoms with Crippen molar-refractivity contribution in [1.82, 2.24) is 29.3 Å². The maximum atomic E-state index is 5.26. The molecule has 0 atom stereocenters. The molecule has 160 valence electrons. The van der Waals surface area contributed by atoms with Crippen molar-refractivity contribution in [3.05, 3.63) is 55.0 Å². The summed E-state index contributed by atoms with van der Waals surface area (Å²) in [6.45, 7) is 3.28. The third-order valence-corrected chi connectivity index (χ3v) is 5.94. The summed E-state index contributed by atoms with van der Waals surface area (Å²) in [7, 11) is 3.86. The Kier molecular flexibility index (Phi) is 5.30. The van der Waals surface area contributed by atoms with Crippen LogP contribution >= 0.6 is 0 Å². The van der Waals surface area contributed by atoms with E-state index in [1.54, 1.807) is 11.6 Å². The Morgan fingerprint density at radius 1 is 1.13 bits per heavy atom. The summed E-state index contributed by atoms with van der Waals surface area (Å²) in [6.07, 6.45) is 8.23. The molecule has 1 aromatic carbocycles. The highest BCUT2D eigenvalue weighted by molar-refractivity contribution is 5.78. The molecule has 1 N–H and O–H groups in total. The standard InChI is InChI=1S/C23H27N7O/c1-28-12-9-17(10-13-28)15-29-16-19(14-24-29)25-23-26-22-21(4-3-11-30(22)27-23)18-5-7-20(31-2)8-6-18/h3-8,11,14,16-17H,9-10,12-13,15H2,1-2H3,(H,25,27). The SMILES string of the molecule is COc1ccc(-c2cccn3nc(Nc4cnn(CC5CCN(C)CC5)c4)nc23)cc1. The number of fused-ring (bicyclic) bond motifs is 1. The Morgan fingerprint density at radius 2 is 1.94 bits per heavy atom. The molecule has 8 heteroatoms. The van der Waals surface area contributed by atoms with E-state index in [-0.39, 0.29) is 0 Å². The molecule has 4 heterocycles. The van der Waals surface area contributed by atoms with Gasteiger partial charge in [0.2, 0.25) is 5.95 Å². The molecule has 1 fully saturated rings. The molecule has 0 amide bonds. The van der Waals surface area contributed by atoms with Gasteiger partial charge in [-0.25, -0.2) is 4.52 Å². The van der Waals surface area contributed by atoms with Crippen LogP contribution in [0.1, 0.15) is 12.8 Å². The molecule has 0 spiro atoms. The number of nitrogens with zero attached hydrogens (tertiary/aromatic N) is 6. The van der Waals surface area contributed by atoms with E-state index in [0.29, 0.717) is 11.9 Å². The second kappa shape index (κ2) is 8.39. The summed E-state index contributed by atoms with van der Waals surface area (Å²) >= 11 is 0. The number of likely N-dealkylation sites (tertiary alicyclic amines) is 1. The number of anilines is 2. The molecule has 5 rings (SSSR count). The van der Waals surface area contributed by atoms with E-state index >= 15 is 0 Å². The molecular weight excluding hydrogens is 390 g/mol. The zero-order valence-corrected chi connectivity index (χ0v) is 17.9. The predicted octanol–water partition coefficient (Wildman–Crippen LogP) is 3.69. The topological polar surface area (TPSA) is 72.5 Å². The van der Waals surface area contributed by atoms with Gasteiger partial charge in [0, 0.05) is 24.5 Å². The Labute approximate surface area is 181 Å². The van der Waals surface area contributed by atoms with Gasteiger partial charge >= 0.3 is 0 Å². The average molecular weight is 418 g/mol. The number of hydrogen-bond acceptors (Lipinski definition) is 6. The van der Waals surface area contributed by atoms with Gasteiger partial charge in [0.25, 0.3) is 0 Å².